The Bertz CT molecular complexity index is 193. The summed E-state index contributed by atoms with van der Waals surface area (Å²) < 4.78 is 0. The monoisotopic (exact) mass is 226 g/mol. The van der Waals surface area contributed by atoms with Crippen molar-refractivity contribution < 1.29 is 0 Å². The van der Waals surface area contributed by atoms with Crippen molar-refractivity contribution in [2.24, 2.45) is 5.41 Å². The first-order chi connectivity index (χ1) is 7.54. The molecule has 0 aromatic carbocycles. The van der Waals surface area contributed by atoms with E-state index in [0.717, 1.165) is 13.1 Å². The highest BCUT2D eigenvalue weighted by Gasteiger charge is 2.31. The molecule has 96 valence electrons. The quantitative estimate of drug-likeness (QED) is 0.697. The first-order valence-corrected chi connectivity index (χ1v) is 6.99. The molecule has 2 nitrogen and oxygen atoms in total. The van der Waals surface area contributed by atoms with Gasteiger partial charge in [-0.1, -0.05) is 26.7 Å². The Morgan fingerprint density at radius 2 is 1.75 bits per heavy atom. The Kier molecular flexibility index (Phi) is 5.26. The molecule has 2 heteroatoms. The van der Waals surface area contributed by atoms with Crippen LogP contribution in [0.4, 0.5) is 0 Å². The summed E-state index contributed by atoms with van der Waals surface area (Å²) in [4.78, 5) is 0. The zero-order valence-electron chi connectivity index (χ0n) is 11.7. The lowest BCUT2D eigenvalue weighted by Crippen LogP contribution is -2.49. The van der Waals surface area contributed by atoms with Crippen molar-refractivity contribution in [2.45, 2.75) is 65.3 Å². The molecule has 0 amide bonds. The standard InChI is InChI=1S/C14H30N2/c1-5-14(9-7-8-10-14)12-15-11-13(3,4)16-6-2/h15-16H,5-12H2,1-4H3. The summed E-state index contributed by atoms with van der Waals surface area (Å²) in [5.41, 5.74) is 0.838. The van der Waals surface area contributed by atoms with Gasteiger partial charge in [0, 0.05) is 18.6 Å². The molecular weight excluding hydrogens is 196 g/mol. The van der Waals surface area contributed by atoms with Gasteiger partial charge in [0.25, 0.3) is 0 Å². The van der Waals surface area contributed by atoms with Crippen LogP contribution in [0.15, 0.2) is 0 Å². The Balaban J connectivity index is 2.28. The third-order valence-electron chi connectivity index (χ3n) is 4.14. The average Bonchev–Trinajstić information content (AvgIpc) is 2.67. The first-order valence-electron chi connectivity index (χ1n) is 6.99. The molecule has 0 aliphatic heterocycles. The second-order valence-electron chi connectivity index (χ2n) is 6.08. The Labute approximate surface area is 102 Å². The summed E-state index contributed by atoms with van der Waals surface area (Å²) in [5, 5.41) is 7.20. The minimum absolute atomic E-state index is 0.224. The fourth-order valence-electron chi connectivity index (χ4n) is 2.96. The lowest BCUT2D eigenvalue weighted by Gasteiger charge is -2.32. The van der Waals surface area contributed by atoms with Crippen LogP contribution in [0, 0.1) is 5.41 Å². The highest BCUT2D eigenvalue weighted by atomic mass is 15.0. The van der Waals surface area contributed by atoms with Gasteiger partial charge in [0.2, 0.25) is 0 Å². The fourth-order valence-corrected chi connectivity index (χ4v) is 2.96. The van der Waals surface area contributed by atoms with Crippen LogP contribution >= 0.6 is 0 Å². The molecule has 1 saturated carbocycles. The molecule has 1 aliphatic carbocycles. The van der Waals surface area contributed by atoms with Crippen LogP contribution in [0.3, 0.4) is 0 Å². The molecule has 0 bridgehead atoms. The smallest absolute Gasteiger partial charge is 0.0249 e. The van der Waals surface area contributed by atoms with Crippen molar-refractivity contribution >= 4 is 0 Å². The summed E-state index contributed by atoms with van der Waals surface area (Å²) in [6.45, 7) is 12.4. The molecule has 0 saturated heterocycles. The van der Waals surface area contributed by atoms with E-state index >= 15 is 0 Å². The summed E-state index contributed by atoms with van der Waals surface area (Å²) in [7, 11) is 0. The van der Waals surface area contributed by atoms with Gasteiger partial charge in [-0.2, -0.15) is 0 Å². The van der Waals surface area contributed by atoms with Gasteiger partial charge in [0.15, 0.2) is 0 Å². The van der Waals surface area contributed by atoms with Crippen molar-refractivity contribution in [3.8, 4) is 0 Å². The van der Waals surface area contributed by atoms with Crippen molar-refractivity contribution in [1.82, 2.24) is 10.6 Å². The zero-order valence-corrected chi connectivity index (χ0v) is 11.7. The van der Waals surface area contributed by atoms with Crippen LogP contribution in [0.5, 0.6) is 0 Å². The molecule has 0 aromatic heterocycles. The highest BCUT2D eigenvalue weighted by molar-refractivity contribution is 4.87. The van der Waals surface area contributed by atoms with Crippen molar-refractivity contribution in [2.75, 3.05) is 19.6 Å². The van der Waals surface area contributed by atoms with Gasteiger partial charge in [-0.3, -0.25) is 0 Å². The summed E-state index contributed by atoms with van der Waals surface area (Å²) in [5.74, 6) is 0. The number of likely N-dealkylation sites (N-methyl/N-ethyl adjacent to an activating group) is 1. The minimum Gasteiger partial charge on any atom is -0.314 e. The summed E-state index contributed by atoms with van der Waals surface area (Å²) in [6, 6.07) is 0. The van der Waals surface area contributed by atoms with Crippen molar-refractivity contribution in [3.63, 3.8) is 0 Å². The second kappa shape index (κ2) is 6.02. The Morgan fingerprint density at radius 3 is 2.25 bits per heavy atom. The van der Waals surface area contributed by atoms with Gasteiger partial charge < -0.3 is 10.6 Å². The molecule has 0 aromatic rings. The molecule has 2 N–H and O–H groups in total. The molecule has 1 fully saturated rings. The van der Waals surface area contributed by atoms with Crippen LogP contribution in [-0.4, -0.2) is 25.2 Å². The van der Waals surface area contributed by atoms with E-state index in [0.29, 0.717) is 5.41 Å². The van der Waals surface area contributed by atoms with Gasteiger partial charge in [-0.25, -0.2) is 0 Å². The van der Waals surface area contributed by atoms with Crippen LogP contribution < -0.4 is 10.6 Å². The summed E-state index contributed by atoms with van der Waals surface area (Å²) in [6.07, 6.45) is 7.07. The van der Waals surface area contributed by atoms with E-state index in [4.69, 9.17) is 0 Å². The molecule has 16 heavy (non-hydrogen) atoms. The maximum Gasteiger partial charge on any atom is 0.0249 e. The highest BCUT2D eigenvalue weighted by Crippen LogP contribution is 2.40. The molecule has 1 rings (SSSR count). The molecule has 0 spiro atoms. The Morgan fingerprint density at radius 1 is 1.12 bits per heavy atom. The molecule has 0 atom stereocenters. The normalized spacial score (nSPS) is 20.2. The predicted molar refractivity (Wildman–Crippen MR) is 71.8 cm³/mol. The van der Waals surface area contributed by atoms with E-state index in [1.165, 1.54) is 38.6 Å². The number of hydrogen-bond donors (Lipinski definition) is 2. The Hall–Kier alpha value is -0.0800. The molecular formula is C14H30N2. The van der Waals surface area contributed by atoms with Gasteiger partial charge in [-0.15, -0.1) is 0 Å². The van der Waals surface area contributed by atoms with Gasteiger partial charge in [0.05, 0.1) is 0 Å². The van der Waals surface area contributed by atoms with E-state index in [1.807, 2.05) is 0 Å². The molecule has 1 aliphatic rings. The van der Waals surface area contributed by atoms with Gasteiger partial charge in [-0.05, 0) is 45.1 Å². The molecule has 0 radical (unpaired) electrons. The van der Waals surface area contributed by atoms with E-state index in [-0.39, 0.29) is 5.54 Å². The van der Waals surface area contributed by atoms with E-state index in [9.17, 15) is 0 Å². The third kappa shape index (κ3) is 4.06. The van der Waals surface area contributed by atoms with Crippen LogP contribution in [0.1, 0.15) is 59.8 Å². The first kappa shape index (κ1) is 14.0. The maximum atomic E-state index is 3.68. The van der Waals surface area contributed by atoms with E-state index in [2.05, 4.69) is 38.3 Å². The van der Waals surface area contributed by atoms with Crippen LogP contribution in [-0.2, 0) is 0 Å². The third-order valence-corrected chi connectivity index (χ3v) is 4.14. The zero-order chi connectivity index (χ0) is 12.1. The van der Waals surface area contributed by atoms with E-state index in [1.54, 1.807) is 0 Å². The van der Waals surface area contributed by atoms with Crippen molar-refractivity contribution in [3.05, 3.63) is 0 Å². The fraction of sp³-hybridized carbons (Fsp3) is 1.00. The maximum absolute atomic E-state index is 3.68. The average molecular weight is 226 g/mol. The van der Waals surface area contributed by atoms with Crippen LogP contribution in [0.25, 0.3) is 0 Å². The van der Waals surface area contributed by atoms with Crippen molar-refractivity contribution in [1.29, 1.82) is 0 Å². The lowest BCUT2D eigenvalue weighted by molar-refractivity contribution is 0.253. The SMILES string of the molecule is CCNC(C)(C)CNCC1(CC)CCCC1. The minimum atomic E-state index is 0.224. The number of nitrogens with one attached hydrogen (secondary N) is 2. The molecule has 0 unspecified atom stereocenters. The predicted octanol–water partition coefficient (Wildman–Crippen LogP) is 2.93. The van der Waals surface area contributed by atoms with E-state index < -0.39 is 0 Å². The van der Waals surface area contributed by atoms with Crippen LogP contribution in [0.2, 0.25) is 0 Å². The topological polar surface area (TPSA) is 24.1 Å². The van der Waals surface area contributed by atoms with Gasteiger partial charge in [0.1, 0.15) is 0 Å². The number of hydrogen-bond acceptors (Lipinski definition) is 2. The summed E-state index contributed by atoms with van der Waals surface area (Å²) >= 11 is 0. The molecule has 0 heterocycles. The number of rotatable bonds is 7. The second-order valence-corrected chi connectivity index (χ2v) is 6.08. The largest absolute Gasteiger partial charge is 0.314 e. The van der Waals surface area contributed by atoms with Gasteiger partial charge >= 0.3 is 0 Å². The lowest BCUT2D eigenvalue weighted by atomic mass is 9.83.